The molecule has 0 spiro atoms. The summed E-state index contributed by atoms with van der Waals surface area (Å²) in [5.74, 6) is 0. The third-order valence-electron chi connectivity index (χ3n) is 5.13. The van der Waals surface area contributed by atoms with Gasteiger partial charge in [-0.3, -0.25) is 11.1 Å². The molecule has 8 heteroatoms. The second-order valence-electron chi connectivity index (χ2n) is 7.35. The summed E-state index contributed by atoms with van der Waals surface area (Å²) in [7, 11) is -3.59. The van der Waals surface area contributed by atoms with E-state index in [0.717, 1.165) is 12.0 Å². The second-order valence-corrected chi connectivity index (χ2v) is 9.28. The Kier molecular flexibility index (Phi) is 6.26. The van der Waals surface area contributed by atoms with Crippen molar-refractivity contribution in [1.29, 1.82) is 0 Å². The Balaban J connectivity index is 1.58. The Labute approximate surface area is 171 Å². The number of benzene rings is 2. The largest absolute Gasteiger partial charge is 0.428 e. The summed E-state index contributed by atoms with van der Waals surface area (Å²) in [6.07, 6.45) is 0.714. The Morgan fingerprint density at radius 3 is 2.24 bits per heavy atom. The molecule has 0 saturated carbocycles. The number of nitrogens with zero attached hydrogens (tertiary/aromatic N) is 1. The lowest BCUT2D eigenvalue weighted by atomic mass is 10.0. The summed E-state index contributed by atoms with van der Waals surface area (Å²) in [6, 6.07) is 14.2. The minimum atomic E-state index is -3.59. The first kappa shape index (κ1) is 21.3. The Bertz CT molecular complexity index is 948. The fourth-order valence-electron chi connectivity index (χ4n) is 3.22. The lowest BCUT2D eigenvalue weighted by Crippen LogP contribution is -2.54. The smallest absolute Gasteiger partial charge is 0.413 e. The van der Waals surface area contributed by atoms with Crippen LogP contribution in [0.25, 0.3) is 0 Å². The van der Waals surface area contributed by atoms with Crippen molar-refractivity contribution in [1.82, 2.24) is 4.31 Å². The molecule has 7 nitrogen and oxygen atoms in total. The zero-order chi connectivity index (χ0) is 21.1. The topological polar surface area (TPSA) is 102 Å². The van der Waals surface area contributed by atoms with Crippen molar-refractivity contribution in [3.63, 3.8) is 0 Å². The maximum absolute atomic E-state index is 12.8. The highest BCUT2D eigenvalue weighted by Gasteiger charge is 2.38. The predicted octanol–water partition coefficient (Wildman–Crippen LogP) is 3.25. The van der Waals surface area contributed by atoms with Crippen LogP contribution in [0.15, 0.2) is 53.4 Å². The number of piperidine rings is 1. The van der Waals surface area contributed by atoms with Crippen LogP contribution >= 0.6 is 0 Å². The number of nitrogens with one attached hydrogen (secondary N) is 1. The average molecular weight is 418 g/mol. The van der Waals surface area contributed by atoms with Gasteiger partial charge < -0.3 is 4.74 Å². The molecule has 0 bridgehead atoms. The van der Waals surface area contributed by atoms with E-state index in [1.165, 1.54) is 9.87 Å². The highest BCUT2D eigenvalue weighted by atomic mass is 32.2. The molecule has 2 aromatic carbocycles. The SMILES string of the molecule is CCc1ccc(NC(=O)OC2(N)CCN(S(=O)(=O)c3ccc(C)cc3)CC2)cc1. The maximum Gasteiger partial charge on any atom is 0.413 e. The van der Waals surface area contributed by atoms with Crippen molar-refractivity contribution in [2.75, 3.05) is 18.4 Å². The van der Waals surface area contributed by atoms with Crippen LogP contribution in [0.2, 0.25) is 0 Å². The number of sulfonamides is 1. The summed E-state index contributed by atoms with van der Waals surface area (Å²) in [6.45, 7) is 4.33. The number of carbonyl (C=O) groups excluding carboxylic acids is 1. The van der Waals surface area contributed by atoms with E-state index in [1.807, 2.05) is 19.1 Å². The van der Waals surface area contributed by atoms with Gasteiger partial charge in [-0.15, -0.1) is 0 Å². The van der Waals surface area contributed by atoms with Gasteiger partial charge in [-0.25, -0.2) is 13.2 Å². The summed E-state index contributed by atoms with van der Waals surface area (Å²) >= 11 is 0. The molecule has 0 aromatic heterocycles. The molecule has 1 saturated heterocycles. The fraction of sp³-hybridized carbons (Fsp3) is 0.381. The van der Waals surface area contributed by atoms with E-state index in [9.17, 15) is 13.2 Å². The van der Waals surface area contributed by atoms with Crippen LogP contribution < -0.4 is 11.1 Å². The first-order valence-corrected chi connectivity index (χ1v) is 11.1. The Morgan fingerprint density at radius 2 is 1.69 bits per heavy atom. The van der Waals surface area contributed by atoms with Crippen molar-refractivity contribution >= 4 is 21.8 Å². The third kappa shape index (κ3) is 5.14. The molecule has 1 heterocycles. The molecule has 29 heavy (non-hydrogen) atoms. The fourth-order valence-corrected chi connectivity index (χ4v) is 4.66. The molecule has 3 rings (SSSR count). The molecular formula is C21H27N3O4S. The third-order valence-corrected chi connectivity index (χ3v) is 7.04. The van der Waals surface area contributed by atoms with Crippen LogP contribution in [-0.4, -0.2) is 37.6 Å². The summed E-state index contributed by atoms with van der Waals surface area (Å²) in [4.78, 5) is 12.5. The average Bonchev–Trinajstić information content (AvgIpc) is 2.69. The van der Waals surface area contributed by atoms with Gasteiger partial charge in [-0.2, -0.15) is 4.31 Å². The molecule has 0 atom stereocenters. The molecule has 1 aliphatic rings. The number of anilines is 1. The first-order chi connectivity index (χ1) is 13.7. The molecule has 156 valence electrons. The minimum Gasteiger partial charge on any atom is -0.428 e. The van der Waals surface area contributed by atoms with E-state index < -0.39 is 21.8 Å². The van der Waals surface area contributed by atoms with Gasteiger partial charge in [0.25, 0.3) is 0 Å². The minimum absolute atomic E-state index is 0.186. The van der Waals surface area contributed by atoms with E-state index >= 15 is 0 Å². The van der Waals surface area contributed by atoms with Gasteiger partial charge in [0.2, 0.25) is 10.0 Å². The van der Waals surface area contributed by atoms with Gasteiger partial charge in [0.15, 0.2) is 5.72 Å². The first-order valence-electron chi connectivity index (χ1n) is 9.66. The van der Waals surface area contributed by atoms with Crippen LogP contribution in [0.1, 0.15) is 30.9 Å². The Morgan fingerprint density at radius 1 is 1.10 bits per heavy atom. The highest BCUT2D eigenvalue weighted by Crippen LogP contribution is 2.26. The summed E-state index contributed by atoms with van der Waals surface area (Å²) in [5.41, 5.74) is 7.80. The standard InChI is InChI=1S/C21H27N3O4S/c1-3-17-6-8-18(9-7-17)23-20(25)28-21(22)12-14-24(15-13-21)29(26,27)19-10-4-16(2)5-11-19/h4-11H,3,12-15,22H2,1-2H3,(H,23,25). The van der Waals surface area contributed by atoms with Crippen molar-refractivity contribution < 1.29 is 17.9 Å². The predicted molar refractivity (Wildman–Crippen MR) is 112 cm³/mol. The molecule has 0 radical (unpaired) electrons. The van der Waals surface area contributed by atoms with Gasteiger partial charge in [0.1, 0.15) is 0 Å². The number of rotatable bonds is 5. The quantitative estimate of drug-likeness (QED) is 0.727. The van der Waals surface area contributed by atoms with Crippen molar-refractivity contribution in [3.8, 4) is 0 Å². The van der Waals surface area contributed by atoms with Crippen LogP contribution in [0, 0.1) is 6.92 Å². The van der Waals surface area contributed by atoms with Crippen LogP contribution in [0.3, 0.4) is 0 Å². The molecule has 1 aliphatic heterocycles. The van der Waals surface area contributed by atoms with Gasteiger partial charge >= 0.3 is 6.09 Å². The lowest BCUT2D eigenvalue weighted by molar-refractivity contribution is -0.0116. The summed E-state index contributed by atoms with van der Waals surface area (Å²) in [5, 5.41) is 2.67. The van der Waals surface area contributed by atoms with Gasteiger partial charge in [-0.05, 0) is 43.2 Å². The van der Waals surface area contributed by atoms with E-state index in [0.29, 0.717) is 5.69 Å². The van der Waals surface area contributed by atoms with E-state index in [4.69, 9.17) is 10.5 Å². The van der Waals surface area contributed by atoms with Crippen molar-refractivity contribution in [2.45, 2.75) is 43.7 Å². The zero-order valence-electron chi connectivity index (χ0n) is 16.7. The number of aryl methyl sites for hydroxylation is 2. The van der Waals surface area contributed by atoms with Gasteiger partial charge in [-0.1, -0.05) is 36.8 Å². The molecule has 1 amide bonds. The van der Waals surface area contributed by atoms with Crippen LogP contribution in [-0.2, 0) is 21.2 Å². The molecule has 1 fully saturated rings. The van der Waals surface area contributed by atoms with Crippen molar-refractivity contribution in [3.05, 3.63) is 59.7 Å². The maximum atomic E-state index is 12.8. The Hall–Kier alpha value is -2.42. The zero-order valence-corrected chi connectivity index (χ0v) is 17.5. The molecular weight excluding hydrogens is 390 g/mol. The lowest BCUT2D eigenvalue weighted by Gasteiger charge is -2.37. The second kappa shape index (κ2) is 8.52. The number of carbonyl (C=O) groups is 1. The van der Waals surface area contributed by atoms with E-state index in [1.54, 1.807) is 36.4 Å². The normalized spacial score (nSPS) is 16.9. The van der Waals surface area contributed by atoms with E-state index in [-0.39, 0.29) is 30.8 Å². The number of hydrogen-bond acceptors (Lipinski definition) is 5. The van der Waals surface area contributed by atoms with Crippen LogP contribution in [0.5, 0.6) is 0 Å². The molecule has 0 aliphatic carbocycles. The van der Waals surface area contributed by atoms with E-state index in [2.05, 4.69) is 12.2 Å². The van der Waals surface area contributed by atoms with Gasteiger partial charge in [0.05, 0.1) is 4.90 Å². The number of ether oxygens (including phenoxy) is 1. The number of nitrogens with two attached hydrogens (primary N) is 1. The number of amides is 1. The highest BCUT2D eigenvalue weighted by molar-refractivity contribution is 7.89. The molecule has 0 unspecified atom stereocenters. The molecule has 3 N–H and O–H groups in total. The van der Waals surface area contributed by atoms with Crippen molar-refractivity contribution in [2.24, 2.45) is 5.73 Å². The number of hydrogen-bond donors (Lipinski definition) is 2. The molecule has 2 aromatic rings. The van der Waals surface area contributed by atoms with Gasteiger partial charge in [0, 0.05) is 31.6 Å². The monoisotopic (exact) mass is 417 g/mol. The van der Waals surface area contributed by atoms with Crippen LogP contribution in [0.4, 0.5) is 10.5 Å². The summed E-state index contributed by atoms with van der Waals surface area (Å²) < 4.78 is 32.4.